The summed E-state index contributed by atoms with van der Waals surface area (Å²) >= 11 is 0. The van der Waals surface area contributed by atoms with Gasteiger partial charge >= 0.3 is 0 Å². The van der Waals surface area contributed by atoms with Gasteiger partial charge in [-0.25, -0.2) is 0 Å². The summed E-state index contributed by atoms with van der Waals surface area (Å²) in [6.45, 7) is 5.44. The predicted octanol–water partition coefficient (Wildman–Crippen LogP) is 3.71. The van der Waals surface area contributed by atoms with Crippen molar-refractivity contribution < 1.29 is 4.74 Å². The van der Waals surface area contributed by atoms with E-state index in [9.17, 15) is 0 Å². The Bertz CT molecular complexity index is 400. The third-order valence-electron chi connectivity index (χ3n) is 4.29. The maximum absolute atomic E-state index is 5.52. The van der Waals surface area contributed by atoms with Crippen molar-refractivity contribution in [2.24, 2.45) is 5.92 Å². The van der Waals surface area contributed by atoms with Crippen molar-refractivity contribution in [3.63, 3.8) is 0 Å². The van der Waals surface area contributed by atoms with Gasteiger partial charge in [0.05, 0.1) is 7.11 Å². The number of rotatable bonds is 5. The first-order chi connectivity index (χ1) is 9.24. The molecule has 0 bridgehead atoms. The van der Waals surface area contributed by atoms with E-state index in [1.165, 1.54) is 36.8 Å². The number of ether oxygens (including phenoxy) is 1. The van der Waals surface area contributed by atoms with Crippen LogP contribution in [0.2, 0.25) is 0 Å². The molecular weight excluding hydrogens is 234 g/mol. The Morgan fingerprint density at radius 3 is 2.79 bits per heavy atom. The van der Waals surface area contributed by atoms with E-state index in [0.29, 0.717) is 6.04 Å². The average Bonchev–Trinajstić information content (AvgIpc) is 2.42. The van der Waals surface area contributed by atoms with Crippen LogP contribution in [0.3, 0.4) is 0 Å². The molecule has 1 saturated carbocycles. The standard InChI is InChI=1S/C17H27NO/c1-4-18-16-8-6-5-7-14(16)12-15-11-13(2)9-10-17(15)19-3/h9-11,14,16,18H,4-8,12H2,1-3H3. The van der Waals surface area contributed by atoms with Crippen LogP contribution in [0.25, 0.3) is 0 Å². The molecule has 1 aromatic rings. The van der Waals surface area contributed by atoms with Crippen molar-refractivity contribution in [2.45, 2.75) is 52.0 Å². The van der Waals surface area contributed by atoms with E-state index >= 15 is 0 Å². The number of benzene rings is 1. The van der Waals surface area contributed by atoms with Crippen molar-refractivity contribution in [1.82, 2.24) is 5.32 Å². The van der Waals surface area contributed by atoms with Crippen LogP contribution >= 0.6 is 0 Å². The summed E-state index contributed by atoms with van der Waals surface area (Å²) in [5, 5.41) is 3.67. The van der Waals surface area contributed by atoms with Gasteiger partial charge in [0, 0.05) is 6.04 Å². The molecule has 2 atom stereocenters. The second kappa shape index (κ2) is 6.95. The van der Waals surface area contributed by atoms with Gasteiger partial charge < -0.3 is 10.1 Å². The molecule has 1 aliphatic carbocycles. The highest BCUT2D eigenvalue weighted by molar-refractivity contribution is 5.37. The second-order valence-corrected chi connectivity index (χ2v) is 5.73. The summed E-state index contributed by atoms with van der Waals surface area (Å²) in [5.41, 5.74) is 2.70. The SMILES string of the molecule is CCNC1CCCCC1Cc1cc(C)ccc1OC. The Balaban J connectivity index is 2.11. The van der Waals surface area contributed by atoms with E-state index in [2.05, 4.69) is 37.4 Å². The topological polar surface area (TPSA) is 21.3 Å². The highest BCUT2D eigenvalue weighted by Gasteiger charge is 2.25. The fourth-order valence-corrected chi connectivity index (χ4v) is 3.33. The number of hydrogen-bond acceptors (Lipinski definition) is 2. The molecule has 0 amide bonds. The van der Waals surface area contributed by atoms with E-state index < -0.39 is 0 Å². The van der Waals surface area contributed by atoms with Gasteiger partial charge in [-0.15, -0.1) is 0 Å². The fraction of sp³-hybridized carbons (Fsp3) is 0.647. The van der Waals surface area contributed by atoms with Crippen molar-refractivity contribution in [3.05, 3.63) is 29.3 Å². The van der Waals surface area contributed by atoms with Crippen LogP contribution in [0.15, 0.2) is 18.2 Å². The maximum atomic E-state index is 5.52. The highest BCUT2D eigenvalue weighted by Crippen LogP contribution is 2.31. The third-order valence-corrected chi connectivity index (χ3v) is 4.29. The second-order valence-electron chi connectivity index (χ2n) is 5.73. The molecule has 1 aromatic carbocycles. The van der Waals surface area contributed by atoms with Crippen LogP contribution in [-0.2, 0) is 6.42 Å². The molecule has 1 N–H and O–H groups in total. The van der Waals surface area contributed by atoms with E-state index in [4.69, 9.17) is 4.74 Å². The van der Waals surface area contributed by atoms with Gasteiger partial charge in [0.1, 0.15) is 5.75 Å². The fourth-order valence-electron chi connectivity index (χ4n) is 3.33. The normalized spacial score (nSPS) is 23.3. The van der Waals surface area contributed by atoms with Crippen LogP contribution in [0, 0.1) is 12.8 Å². The number of hydrogen-bond donors (Lipinski definition) is 1. The molecule has 19 heavy (non-hydrogen) atoms. The first kappa shape index (κ1) is 14.4. The molecule has 0 radical (unpaired) electrons. The maximum Gasteiger partial charge on any atom is 0.122 e. The van der Waals surface area contributed by atoms with E-state index in [-0.39, 0.29) is 0 Å². The zero-order valence-corrected chi connectivity index (χ0v) is 12.5. The molecule has 1 fully saturated rings. The molecule has 2 unspecified atom stereocenters. The molecule has 106 valence electrons. The van der Waals surface area contributed by atoms with Crippen molar-refractivity contribution in [2.75, 3.05) is 13.7 Å². The van der Waals surface area contributed by atoms with Gasteiger partial charge in [-0.3, -0.25) is 0 Å². The largest absolute Gasteiger partial charge is 0.496 e. The average molecular weight is 261 g/mol. The zero-order valence-electron chi connectivity index (χ0n) is 12.5. The van der Waals surface area contributed by atoms with Crippen molar-refractivity contribution >= 4 is 0 Å². The van der Waals surface area contributed by atoms with Gasteiger partial charge in [-0.2, -0.15) is 0 Å². The molecule has 2 heteroatoms. The summed E-state index contributed by atoms with van der Waals surface area (Å²) in [5.74, 6) is 1.80. The molecular formula is C17H27NO. The quantitative estimate of drug-likeness (QED) is 0.872. The molecule has 0 aromatic heterocycles. The lowest BCUT2D eigenvalue weighted by atomic mass is 9.80. The summed E-state index contributed by atoms with van der Waals surface area (Å²) in [7, 11) is 1.77. The third kappa shape index (κ3) is 3.73. The smallest absolute Gasteiger partial charge is 0.122 e. The molecule has 2 rings (SSSR count). The number of methoxy groups -OCH3 is 1. The Hall–Kier alpha value is -1.02. The lowest BCUT2D eigenvalue weighted by Gasteiger charge is -2.32. The molecule has 0 saturated heterocycles. The van der Waals surface area contributed by atoms with Crippen LogP contribution in [0.1, 0.15) is 43.7 Å². The first-order valence-corrected chi connectivity index (χ1v) is 7.61. The summed E-state index contributed by atoms with van der Waals surface area (Å²) in [6, 6.07) is 7.21. The Morgan fingerprint density at radius 2 is 2.05 bits per heavy atom. The van der Waals surface area contributed by atoms with Gasteiger partial charge in [-0.1, -0.05) is 37.5 Å². The van der Waals surface area contributed by atoms with E-state index in [1.54, 1.807) is 7.11 Å². The van der Waals surface area contributed by atoms with Gasteiger partial charge in [0.25, 0.3) is 0 Å². The lowest BCUT2D eigenvalue weighted by molar-refractivity contribution is 0.262. The van der Waals surface area contributed by atoms with Crippen LogP contribution in [-0.4, -0.2) is 19.7 Å². The summed E-state index contributed by atoms with van der Waals surface area (Å²) in [4.78, 5) is 0. The number of aryl methyl sites for hydroxylation is 1. The molecule has 0 heterocycles. The van der Waals surface area contributed by atoms with Crippen molar-refractivity contribution in [3.8, 4) is 5.75 Å². The minimum atomic E-state index is 0.684. The zero-order chi connectivity index (χ0) is 13.7. The first-order valence-electron chi connectivity index (χ1n) is 7.61. The Kier molecular flexibility index (Phi) is 5.26. The van der Waals surface area contributed by atoms with Gasteiger partial charge in [0.2, 0.25) is 0 Å². The molecule has 0 spiro atoms. The van der Waals surface area contributed by atoms with Crippen LogP contribution in [0.5, 0.6) is 5.75 Å². The lowest BCUT2D eigenvalue weighted by Crippen LogP contribution is -2.39. The van der Waals surface area contributed by atoms with Crippen LogP contribution in [0.4, 0.5) is 0 Å². The van der Waals surface area contributed by atoms with Gasteiger partial charge in [0.15, 0.2) is 0 Å². The van der Waals surface area contributed by atoms with Gasteiger partial charge in [-0.05, 0) is 50.3 Å². The highest BCUT2D eigenvalue weighted by atomic mass is 16.5. The molecule has 0 aliphatic heterocycles. The van der Waals surface area contributed by atoms with E-state index in [1.807, 2.05) is 0 Å². The molecule has 1 aliphatic rings. The monoisotopic (exact) mass is 261 g/mol. The summed E-state index contributed by atoms with van der Waals surface area (Å²) in [6.07, 6.45) is 6.56. The summed E-state index contributed by atoms with van der Waals surface area (Å²) < 4.78 is 5.52. The predicted molar refractivity (Wildman–Crippen MR) is 80.9 cm³/mol. The minimum Gasteiger partial charge on any atom is -0.496 e. The van der Waals surface area contributed by atoms with Crippen molar-refractivity contribution in [1.29, 1.82) is 0 Å². The molecule has 2 nitrogen and oxygen atoms in total. The Labute approximate surface area is 117 Å². The van der Waals surface area contributed by atoms with Crippen LogP contribution < -0.4 is 10.1 Å². The van der Waals surface area contributed by atoms with E-state index in [0.717, 1.165) is 24.6 Å². The Morgan fingerprint density at radius 1 is 1.26 bits per heavy atom. The minimum absolute atomic E-state index is 0.684. The number of nitrogens with one attached hydrogen (secondary N) is 1.